The fraction of sp³-hybridized carbons (Fsp3) is 1.00. The van der Waals surface area contributed by atoms with Gasteiger partial charge in [-0.05, 0) is 41.9 Å². The van der Waals surface area contributed by atoms with Crippen molar-refractivity contribution in [1.29, 1.82) is 0 Å². The highest BCUT2D eigenvalue weighted by Gasteiger charge is 2.34. The van der Waals surface area contributed by atoms with Gasteiger partial charge >= 0.3 is 0 Å². The molecule has 0 aliphatic heterocycles. The van der Waals surface area contributed by atoms with Crippen LogP contribution in [0.2, 0.25) is 0 Å². The van der Waals surface area contributed by atoms with Crippen LogP contribution in [0, 0.1) is 29.1 Å². The number of rotatable bonds is 12. The molecule has 21 heavy (non-hydrogen) atoms. The van der Waals surface area contributed by atoms with Gasteiger partial charge < -0.3 is 0 Å². The van der Waals surface area contributed by atoms with E-state index in [4.69, 9.17) is 0 Å². The summed E-state index contributed by atoms with van der Waals surface area (Å²) in [4.78, 5) is 0. The van der Waals surface area contributed by atoms with E-state index in [1.807, 2.05) is 0 Å². The van der Waals surface area contributed by atoms with Crippen molar-refractivity contribution in [2.75, 3.05) is 0 Å². The molecular weight excluding hydrogens is 252 g/mol. The molecule has 0 N–H and O–H groups in total. The molecule has 4 atom stereocenters. The van der Waals surface area contributed by atoms with Crippen LogP contribution in [-0.2, 0) is 0 Å². The van der Waals surface area contributed by atoms with Crippen molar-refractivity contribution in [3.05, 3.63) is 0 Å². The van der Waals surface area contributed by atoms with Crippen molar-refractivity contribution >= 4 is 0 Å². The Morgan fingerprint density at radius 3 is 1.81 bits per heavy atom. The maximum absolute atomic E-state index is 2.58. The van der Waals surface area contributed by atoms with Gasteiger partial charge in [-0.2, -0.15) is 0 Å². The first-order valence-electron chi connectivity index (χ1n) is 9.78. The monoisotopic (exact) mass is 296 g/mol. The van der Waals surface area contributed by atoms with Crippen LogP contribution in [0.25, 0.3) is 0 Å². The molecule has 0 heterocycles. The van der Waals surface area contributed by atoms with Gasteiger partial charge in [-0.3, -0.25) is 0 Å². The largest absolute Gasteiger partial charge is 0.0654 e. The molecule has 0 aliphatic rings. The second-order valence-electron chi connectivity index (χ2n) is 8.42. The summed E-state index contributed by atoms with van der Waals surface area (Å²) in [6.45, 7) is 19.5. The normalized spacial score (nSPS) is 19.3. The fourth-order valence-corrected chi connectivity index (χ4v) is 3.79. The molecule has 0 rings (SSSR count). The Kier molecular flexibility index (Phi) is 10.7. The summed E-state index contributed by atoms with van der Waals surface area (Å²) in [6, 6.07) is 0. The molecule has 0 aliphatic carbocycles. The maximum Gasteiger partial charge on any atom is -0.0295 e. The first-order chi connectivity index (χ1) is 9.78. The maximum atomic E-state index is 2.58. The van der Waals surface area contributed by atoms with Crippen LogP contribution in [0.1, 0.15) is 107 Å². The summed E-state index contributed by atoms with van der Waals surface area (Å²) >= 11 is 0. The standard InChI is InChI=1S/C21H44/c1-9-11-12-13-14-15-21(8,20(7)17(3)4)16-19(6)18(5)10-2/h17-20H,9-16H2,1-8H3. The van der Waals surface area contributed by atoms with Gasteiger partial charge in [0.25, 0.3) is 0 Å². The van der Waals surface area contributed by atoms with Crippen LogP contribution in [-0.4, -0.2) is 0 Å². The minimum atomic E-state index is 0.531. The molecule has 0 radical (unpaired) electrons. The SMILES string of the molecule is CCCCCCCC(C)(CC(C)C(C)CC)C(C)C(C)C. The molecule has 0 heteroatoms. The van der Waals surface area contributed by atoms with E-state index < -0.39 is 0 Å². The first kappa shape index (κ1) is 21.0. The minimum absolute atomic E-state index is 0.531. The van der Waals surface area contributed by atoms with Gasteiger partial charge in [-0.15, -0.1) is 0 Å². The predicted octanol–water partition coefficient (Wildman–Crippen LogP) is 7.72. The smallest absolute Gasteiger partial charge is 0.0295 e. The predicted molar refractivity (Wildman–Crippen MR) is 98.7 cm³/mol. The average Bonchev–Trinajstić information content (AvgIpc) is 2.45. The summed E-state index contributed by atoms with van der Waals surface area (Å²) in [5.74, 6) is 3.35. The van der Waals surface area contributed by atoms with Crippen LogP contribution in [0.15, 0.2) is 0 Å². The zero-order valence-electron chi connectivity index (χ0n) is 16.5. The van der Waals surface area contributed by atoms with E-state index in [-0.39, 0.29) is 0 Å². The third kappa shape index (κ3) is 7.71. The molecule has 0 spiro atoms. The number of hydrogen-bond acceptors (Lipinski definition) is 0. The molecule has 4 unspecified atom stereocenters. The van der Waals surface area contributed by atoms with Crippen LogP contribution >= 0.6 is 0 Å². The van der Waals surface area contributed by atoms with E-state index in [1.165, 1.54) is 51.4 Å². The molecule has 0 nitrogen and oxygen atoms in total. The van der Waals surface area contributed by atoms with E-state index in [9.17, 15) is 0 Å². The topological polar surface area (TPSA) is 0 Å². The van der Waals surface area contributed by atoms with Crippen LogP contribution < -0.4 is 0 Å². The molecule has 0 fully saturated rings. The third-order valence-corrected chi connectivity index (χ3v) is 6.35. The van der Waals surface area contributed by atoms with E-state index >= 15 is 0 Å². The Morgan fingerprint density at radius 2 is 1.33 bits per heavy atom. The zero-order chi connectivity index (χ0) is 16.5. The summed E-state index contributed by atoms with van der Waals surface area (Å²) < 4.78 is 0. The molecule has 0 amide bonds. The second-order valence-corrected chi connectivity index (χ2v) is 8.42. The van der Waals surface area contributed by atoms with E-state index in [0.29, 0.717) is 5.41 Å². The summed E-state index contributed by atoms with van der Waals surface area (Å²) in [5.41, 5.74) is 0.531. The van der Waals surface area contributed by atoms with Crippen molar-refractivity contribution in [1.82, 2.24) is 0 Å². The van der Waals surface area contributed by atoms with Gasteiger partial charge in [0.15, 0.2) is 0 Å². The van der Waals surface area contributed by atoms with Gasteiger partial charge in [0.05, 0.1) is 0 Å². The Hall–Kier alpha value is 0. The fourth-order valence-electron chi connectivity index (χ4n) is 3.79. The summed E-state index contributed by atoms with van der Waals surface area (Å²) in [7, 11) is 0. The Morgan fingerprint density at radius 1 is 0.762 bits per heavy atom. The number of hydrogen-bond donors (Lipinski definition) is 0. The lowest BCUT2D eigenvalue weighted by Gasteiger charge is -2.41. The lowest BCUT2D eigenvalue weighted by Crippen LogP contribution is -2.32. The highest BCUT2D eigenvalue weighted by Crippen LogP contribution is 2.44. The molecule has 0 aromatic heterocycles. The van der Waals surface area contributed by atoms with Crippen LogP contribution in [0.4, 0.5) is 0 Å². The van der Waals surface area contributed by atoms with Crippen molar-refractivity contribution < 1.29 is 0 Å². The van der Waals surface area contributed by atoms with Gasteiger partial charge in [0.2, 0.25) is 0 Å². The molecular formula is C21H44. The number of unbranched alkanes of at least 4 members (excludes halogenated alkanes) is 4. The summed E-state index contributed by atoms with van der Waals surface area (Å²) in [5, 5.41) is 0. The molecule has 0 aromatic carbocycles. The highest BCUT2D eigenvalue weighted by molar-refractivity contribution is 4.84. The van der Waals surface area contributed by atoms with Gasteiger partial charge in [0, 0.05) is 0 Å². The van der Waals surface area contributed by atoms with Crippen LogP contribution in [0.3, 0.4) is 0 Å². The molecule has 0 saturated carbocycles. The Bertz CT molecular complexity index is 242. The second kappa shape index (κ2) is 10.7. The van der Waals surface area contributed by atoms with Crippen LogP contribution in [0.5, 0.6) is 0 Å². The van der Waals surface area contributed by atoms with Crippen molar-refractivity contribution in [3.63, 3.8) is 0 Å². The lowest BCUT2D eigenvalue weighted by molar-refractivity contribution is 0.0867. The molecule has 0 bridgehead atoms. The average molecular weight is 297 g/mol. The van der Waals surface area contributed by atoms with E-state index in [2.05, 4.69) is 55.4 Å². The van der Waals surface area contributed by atoms with Crippen molar-refractivity contribution in [2.45, 2.75) is 107 Å². The Labute approximate surface area is 136 Å². The van der Waals surface area contributed by atoms with Gasteiger partial charge in [0.1, 0.15) is 0 Å². The molecule has 128 valence electrons. The lowest BCUT2D eigenvalue weighted by atomic mass is 9.64. The first-order valence-corrected chi connectivity index (χ1v) is 9.78. The third-order valence-electron chi connectivity index (χ3n) is 6.35. The quantitative estimate of drug-likeness (QED) is 0.323. The van der Waals surface area contributed by atoms with E-state index in [0.717, 1.165) is 23.7 Å². The van der Waals surface area contributed by atoms with Gasteiger partial charge in [-0.1, -0.05) is 93.9 Å². The summed E-state index contributed by atoms with van der Waals surface area (Å²) in [6.07, 6.45) is 11.2. The molecule has 0 saturated heterocycles. The van der Waals surface area contributed by atoms with Crippen molar-refractivity contribution in [2.24, 2.45) is 29.1 Å². The highest BCUT2D eigenvalue weighted by atomic mass is 14.4. The van der Waals surface area contributed by atoms with Gasteiger partial charge in [-0.25, -0.2) is 0 Å². The molecule has 0 aromatic rings. The minimum Gasteiger partial charge on any atom is -0.0654 e. The van der Waals surface area contributed by atoms with Crippen molar-refractivity contribution in [3.8, 4) is 0 Å². The zero-order valence-corrected chi connectivity index (χ0v) is 16.5. The van der Waals surface area contributed by atoms with E-state index in [1.54, 1.807) is 0 Å². The Balaban J connectivity index is 4.61.